The van der Waals surface area contributed by atoms with Crippen molar-refractivity contribution in [1.82, 2.24) is 14.8 Å². The van der Waals surface area contributed by atoms with Gasteiger partial charge in [-0.05, 0) is 43.5 Å². The van der Waals surface area contributed by atoms with Crippen molar-refractivity contribution in [2.75, 3.05) is 32.8 Å². The minimum Gasteiger partial charge on any atom is -0.475 e. The minimum atomic E-state index is -5.08. The molecule has 2 fully saturated rings. The van der Waals surface area contributed by atoms with Crippen LogP contribution in [0.5, 0.6) is 0 Å². The molecule has 2 aliphatic rings. The average Bonchev–Trinajstić information content (AvgIpc) is 3.31. The van der Waals surface area contributed by atoms with E-state index in [1.807, 2.05) is 30.2 Å². The maximum absolute atomic E-state index is 12.6. The summed E-state index contributed by atoms with van der Waals surface area (Å²) in [5, 5.41) is 14.2. The predicted molar refractivity (Wildman–Crippen MR) is 124 cm³/mol. The Morgan fingerprint density at radius 2 is 1.55 bits per heavy atom. The van der Waals surface area contributed by atoms with Gasteiger partial charge in [-0.3, -0.25) is 14.7 Å². The van der Waals surface area contributed by atoms with Crippen LogP contribution < -0.4 is 0 Å². The third-order valence-electron chi connectivity index (χ3n) is 5.85. The van der Waals surface area contributed by atoms with E-state index in [4.69, 9.17) is 29.0 Å². The van der Waals surface area contributed by atoms with Crippen LogP contribution in [0.15, 0.2) is 41.1 Å². The van der Waals surface area contributed by atoms with E-state index in [1.54, 1.807) is 12.3 Å². The van der Waals surface area contributed by atoms with E-state index in [0.717, 1.165) is 44.8 Å². The highest BCUT2D eigenvalue weighted by atomic mass is 19.4. The van der Waals surface area contributed by atoms with Gasteiger partial charge in [0.1, 0.15) is 5.76 Å². The summed E-state index contributed by atoms with van der Waals surface area (Å²) in [7, 11) is 0. The second kappa shape index (κ2) is 13.6. The topological polar surface area (TPSA) is 133 Å². The van der Waals surface area contributed by atoms with Crippen molar-refractivity contribution in [2.45, 2.75) is 44.3 Å². The summed E-state index contributed by atoms with van der Waals surface area (Å²) in [4.78, 5) is 38.9. The smallest absolute Gasteiger partial charge is 0.475 e. The molecule has 2 aliphatic heterocycles. The van der Waals surface area contributed by atoms with Crippen LogP contribution in [0.1, 0.15) is 34.7 Å². The molecule has 1 spiro atoms. The Labute approximate surface area is 224 Å². The SMILES string of the molecule is Cc1ccc(C(=O)N2CCC3(CC2)CN(Cc2cccnc2)CCO3)o1.O=C(O)C(F)(F)F.O=C(O)C(F)(F)F. The molecule has 222 valence electrons. The van der Waals surface area contributed by atoms with E-state index in [2.05, 4.69) is 16.0 Å². The third-order valence-corrected chi connectivity index (χ3v) is 5.85. The number of aromatic nitrogens is 1. The molecular formula is C24H27F6N3O7. The number of rotatable bonds is 3. The van der Waals surface area contributed by atoms with Crippen molar-refractivity contribution in [3.05, 3.63) is 53.7 Å². The molecule has 2 saturated heterocycles. The van der Waals surface area contributed by atoms with Gasteiger partial charge in [-0.1, -0.05) is 6.07 Å². The lowest BCUT2D eigenvalue weighted by Crippen LogP contribution is -2.57. The van der Waals surface area contributed by atoms with Gasteiger partial charge in [-0.2, -0.15) is 26.3 Å². The van der Waals surface area contributed by atoms with Gasteiger partial charge in [0.05, 0.1) is 12.2 Å². The number of ether oxygens (including phenoxy) is 1. The van der Waals surface area contributed by atoms with E-state index in [-0.39, 0.29) is 11.5 Å². The lowest BCUT2D eigenvalue weighted by atomic mass is 9.89. The summed E-state index contributed by atoms with van der Waals surface area (Å²) >= 11 is 0. The number of carbonyl (C=O) groups is 3. The van der Waals surface area contributed by atoms with Gasteiger partial charge in [0.2, 0.25) is 0 Å². The first-order chi connectivity index (χ1) is 18.5. The Morgan fingerprint density at radius 1 is 0.975 bits per heavy atom. The lowest BCUT2D eigenvalue weighted by Gasteiger charge is -2.47. The molecule has 0 radical (unpaired) electrons. The maximum atomic E-state index is 12.6. The van der Waals surface area contributed by atoms with Crippen LogP contribution >= 0.6 is 0 Å². The highest BCUT2D eigenvalue weighted by molar-refractivity contribution is 5.91. The zero-order valence-corrected chi connectivity index (χ0v) is 21.2. The second-order valence-electron chi connectivity index (χ2n) is 8.91. The number of piperidine rings is 1. The highest BCUT2D eigenvalue weighted by Gasteiger charge is 2.41. The molecule has 0 unspecified atom stereocenters. The van der Waals surface area contributed by atoms with E-state index in [9.17, 15) is 31.1 Å². The van der Waals surface area contributed by atoms with Crippen molar-refractivity contribution in [3.8, 4) is 0 Å². The molecule has 4 heterocycles. The number of aryl methyl sites for hydroxylation is 1. The van der Waals surface area contributed by atoms with Crippen molar-refractivity contribution >= 4 is 17.8 Å². The van der Waals surface area contributed by atoms with Gasteiger partial charge in [0.15, 0.2) is 5.76 Å². The number of morpholine rings is 1. The van der Waals surface area contributed by atoms with Gasteiger partial charge in [-0.25, -0.2) is 9.59 Å². The molecule has 0 aromatic carbocycles. The van der Waals surface area contributed by atoms with Gasteiger partial charge in [0, 0.05) is 45.1 Å². The van der Waals surface area contributed by atoms with E-state index < -0.39 is 24.3 Å². The number of carboxylic acid groups (broad SMARTS) is 2. The lowest BCUT2D eigenvalue weighted by molar-refractivity contribution is -0.193. The number of halogens is 6. The first-order valence-electron chi connectivity index (χ1n) is 11.7. The van der Waals surface area contributed by atoms with Crippen LogP contribution in [0.3, 0.4) is 0 Å². The van der Waals surface area contributed by atoms with Crippen LogP contribution in [0.2, 0.25) is 0 Å². The zero-order chi connectivity index (χ0) is 30.1. The van der Waals surface area contributed by atoms with Crippen LogP contribution in [0.4, 0.5) is 26.3 Å². The maximum Gasteiger partial charge on any atom is 0.490 e. The fourth-order valence-electron chi connectivity index (χ4n) is 3.93. The van der Waals surface area contributed by atoms with E-state index in [1.165, 1.54) is 5.56 Å². The Kier molecular flexibility index (Phi) is 11.1. The molecule has 4 rings (SSSR count). The number of amides is 1. The highest BCUT2D eigenvalue weighted by Crippen LogP contribution is 2.31. The number of carbonyl (C=O) groups excluding carboxylic acids is 1. The Morgan fingerprint density at radius 3 is 2.00 bits per heavy atom. The van der Waals surface area contributed by atoms with Gasteiger partial charge in [-0.15, -0.1) is 0 Å². The summed E-state index contributed by atoms with van der Waals surface area (Å²) in [6.45, 7) is 6.75. The molecule has 2 aromatic heterocycles. The first kappa shape index (κ1) is 32.6. The summed E-state index contributed by atoms with van der Waals surface area (Å²) in [6.07, 6.45) is -4.71. The van der Waals surface area contributed by atoms with Crippen LogP contribution in [-0.4, -0.2) is 93.6 Å². The van der Waals surface area contributed by atoms with Gasteiger partial charge in [0.25, 0.3) is 5.91 Å². The van der Waals surface area contributed by atoms with Crippen LogP contribution in [-0.2, 0) is 20.9 Å². The summed E-state index contributed by atoms with van der Waals surface area (Å²) in [5.41, 5.74) is 1.08. The summed E-state index contributed by atoms with van der Waals surface area (Å²) in [6, 6.07) is 7.68. The quantitative estimate of drug-likeness (QED) is 0.519. The number of pyridine rings is 1. The van der Waals surface area contributed by atoms with Crippen LogP contribution in [0, 0.1) is 6.92 Å². The Bertz CT molecular complexity index is 1110. The van der Waals surface area contributed by atoms with Crippen molar-refractivity contribution < 1.29 is 60.1 Å². The number of hydrogen-bond donors (Lipinski definition) is 2. The van der Waals surface area contributed by atoms with E-state index >= 15 is 0 Å². The predicted octanol–water partition coefficient (Wildman–Crippen LogP) is 3.76. The second-order valence-corrected chi connectivity index (χ2v) is 8.91. The molecule has 1 amide bonds. The fraction of sp³-hybridized carbons (Fsp3) is 0.500. The zero-order valence-electron chi connectivity index (χ0n) is 21.2. The largest absolute Gasteiger partial charge is 0.490 e. The molecule has 2 N–H and O–H groups in total. The molecule has 0 bridgehead atoms. The third kappa shape index (κ3) is 10.1. The number of alkyl halides is 6. The van der Waals surface area contributed by atoms with Crippen molar-refractivity contribution in [1.29, 1.82) is 0 Å². The Balaban J connectivity index is 0.000000333. The molecule has 2 aromatic rings. The molecule has 0 saturated carbocycles. The first-order valence-corrected chi connectivity index (χ1v) is 11.7. The molecule has 0 aliphatic carbocycles. The molecule has 40 heavy (non-hydrogen) atoms. The van der Waals surface area contributed by atoms with Crippen molar-refractivity contribution in [2.24, 2.45) is 0 Å². The summed E-state index contributed by atoms with van der Waals surface area (Å²) in [5.74, 6) is -4.33. The fourth-order valence-corrected chi connectivity index (χ4v) is 3.93. The molecular weight excluding hydrogens is 556 g/mol. The number of furan rings is 1. The number of carboxylic acids is 2. The normalized spacial score (nSPS) is 17.2. The van der Waals surface area contributed by atoms with E-state index in [0.29, 0.717) is 18.8 Å². The standard InChI is InChI=1S/C20H25N3O3.2C2HF3O2/c1-16-4-5-18(26-16)19(24)23-9-6-20(7-10-23)15-22(11-12-25-20)14-17-3-2-8-21-13-17;2*3-2(4,5)1(6)7/h2-5,8,13H,6-7,9-12,14-15H2,1H3;2*(H,6,7). The van der Waals surface area contributed by atoms with Crippen LogP contribution in [0.25, 0.3) is 0 Å². The number of aliphatic carboxylic acids is 2. The monoisotopic (exact) mass is 583 g/mol. The van der Waals surface area contributed by atoms with Gasteiger partial charge < -0.3 is 24.3 Å². The minimum absolute atomic E-state index is 0.0176. The summed E-state index contributed by atoms with van der Waals surface area (Å²) < 4.78 is 75.1. The van der Waals surface area contributed by atoms with Gasteiger partial charge >= 0.3 is 24.3 Å². The molecule has 0 atom stereocenters. The average molecular weight is 583 g/mol. The number of hydrogen-bond acceptors (Lipinski definition) is 7. The molecule has 10 nitrogen and oxygen atoms in total. The molecule has 16 heteroatoms. The Hall–Kier alpha value is -3.66. The van der Waals surface area contributed by atoms with Crippen molar-refractivity contribution in [3.63, 3.8) is 0 Å². The number of nitrogens with zero attached hydrogens (tertiary/aromatic N) is 3. The number of likely N-dealkylation sites (tertiary alicyclic amines) is 1.